The number of hydrogen-bond donors (Lipinski definition) is 1. The molecule has 2 heterocycles. The second kappa shape index (κ2) is 6.83. The van der Waals surface area contributed by atoms with Crippen LogP contribution in [0, 0.1) is 16.7 Å². The summed E-state index contributed by atoms with van der Waals surface area (Å²) in [6, 6.07) is 17.4. The molecule has 2 aromatic carbocycles. The van der Waals surface area contributed by atoms with Crippen LogP contribution < -0.4 is 10.6 Å². The molecule has 0 amide bonds. The van der Waals surface area contributed by atoms with Gasteiger partial charge in [-0.3, -0.25) is 9.69 Å². The van der Waals surface area contributed by atoms with Crippen LogP contribution in [0.3, 0.4) is 0 Å². The molecule has 0 aromatic heterocycles. The summed E-state index contributed by atoms with van der Waals surface area (Å²) in [7, 11) is 0. The van der Waals surface area contributed by atoms with Gasteiger partial charge in [-0.15, -0.1) is 0 Å². The molecule has 6 heteroatoms. The number of allylic oxidation sites excluding steroid dienone is 3. The van der Waals surface area contributed by atoms with Crippen LogP contribution >= 0.6 is 11.6 Å². The predicted octanol–water partition coefficient (Wildman–Crippen LogP) is 5.04. The maximum absolute atomic E-state index is 13.5. The summed E-state index contributed by atoms with van der Waals surface area (Å²) in [6.45, 7) is 4.20. The van der Waals surface area contributed by atoms with Gasteiger partial charge in [-0.2, -0.15) is 5.26 Å². The molecule has 2 aliphatic heterocycles. The molecule has 3 aliphatic rings. The Hall–Kier alpha value is -3.36. The highest BCUT2D eigenvalue weighted by molar-refractivity contribution is 6.30. The zero-order valence-corrected chi connectivity index (χ0v) is 18.1. The minimum Gasteiger partial charge on any atom is -0.383 e. The third-order valence-electron chi connectivity index (χ3n) is 6.17. The average molecular weight is 429 g/mol. The summed E-state index contributed by atoms with van der Waals surface area (Å²) in [6.07, 6.45) is 1.13. The van der Waals surface area contributed by atoms with Crippen LogP contribution in [0.15, 0.2) is 76.2 Å². The Morgan fingerprint density at radius 2 is 1.87 bits per heavy atom. The van der Waals surface area contributed by atoms with Crippen LogP contribution in [-0.4, -0.2) is 11.6 Å². The minimum absolute atomic E-state index is 0.0676. The van der Waals surface area contributed by atoms with Crippen LogP contribution in [0.2, 0.25) is 5.02 Å². The fraction of sp³-hybridized carbons (Fsp3) is 0.240. The lowest BCUT2D eigenvalue weighted by Crippen LogP contribution is -2.42. The number of carbonyl (C=O) groups is 1. The van der Waals surface area contributed by atoms with Crippen molar-refractivity contribution in [2.75, 3.05) is 4.90 Å². The first-order valence-electron chi connectivity index (χ1n) is 10.2. The van der Waals surface area contributed by atoms with Crippen molar-refractivity contribution in [2.24, 2.45) is 16.1 Å². The normalized spacial score (nSPS) is 21.7. The van der Waals surface area contributed by atoms with Crippen molar-refractivity contribution >= 4 is 28.9 Å². The van der Waals surface area contributed by atoms with Gasteiger partial charge in [0.05, 0.1) is 23.2 Å². The largest absolute Gasteiger partial charge is 0.383 e. The Morgan fingerprint density at radius 3 is 2.58 bits per heavy atom. The van der Waals surface area contributed by atoms with E-state index in [9.17, 15) is 10.1 Å². The second-order valence-electron chi connectivity index (χ2n) is 8.98. The number of aliphatic imine (C=N–C) groups is 1. The number of rotatable bonds is 1. The highest BCUT2D eigenvalue weighted by atomic mass is 35.5. The smallest absolute Gasteiger partial charge is 0.162 e. The molecule has 0 fully saturated rings. The quantitative estimate of drug-likeness (QED) is 0.689. The van der Waals surface area contributed by atoms with Gasteiger partial charge in [0, 0.05) is 28.3 Å². The molecule has 0 bridgehead atoms. The van der Waals surface area contributed by atoms with Crippen molar-refractivity contribution in [3.05, 3.63) is 87.3 Å². The lowest BCUT2D eigenvalue weighted by molar-refractivity contribution is -0.118. The molecule has 2 N–H and O–H groups in total. The molecular weight excluding hydrogens is 408 g/mol. The number of hydrogen-bond acceptors (Lipinski definition) is 5. The van der Waals surface area contributed by atoms with Crippen LogP contribution in [0.25, 0.3) is 0 Å². The van der Waals surface area contributed by atoms with E-state index < -0.39 is 5.92 Å². The molecular formula is C25H21ClN4O. The number of para-hydroxylation sites is 1. The van der Waals surface area contributed by atoms with Gasteiger partial charge in [0.2, 0.25) is 0 Å². The summed E-state index contributed by atoms with van der Waals surface area (Å²) >= 11 is 6.11. The van der Waals surface area contributed by atoms with Gasteiger partial charge in [-0.05, 0) is 41.7 Å². The molecule has 31 heavy (non-hydrogen) atoms. The van der Waals surface area contributed by atoms with Crippen molar-refractivity contribution < 1.29 is 4.79 Å². The fourth-order valence-corrected chi connectivity index (χ4v) is 5.01. The van der Waals surface area contributed by atoms with E-state index in [2.05, 4.69) is 24.9 Å². The zero-order valence-electron chi connectivity index (χ0n) is 17.3. The Labute approximate surface area is 186 Å². The molecule has 1 aliphatic carbocycles. The number of amidine groups is 1. The van der Waals surface area contributed by atoms with Gasteiger partial charge >= 0.3 is 0 Å². The van der Waals surface area contributed by atoms with Crippen molar-refractivity contribution in [2.45, 2.75) is 32.6 Å². The lowest BCUT2D eigenvalue weighted by Gasteiger charge is -2.45. The molecule has 0 unspecified atom stereocenters. The number of benzene rings is 2. The van der Waals surface area contributed by atoms with E-state index in [-0.39, 0.29) is 11.2 Å². The summed E-state index contributed by atoms with van der Waals surface area (Å²) in [5.41, 5.74) is 10.6. The Kier molecular flexibility index (Phi) is 4.32. The van der Waals surface area contributed by atoms with Crippen LogP contribution in [0.1, 0.15) is 43.7 Å². The highest BCUT2D eigenvalue weighted by Gasteiger charge is 2.46. The van der Waals surface area contributed by atoms with Gasteiger partial charge in [-0.1, -0.05) is 49.7 Å². The van der Waals surface area contributed by atoms with Crippen molar-refractivity contribution in [3.63, 3.8) is 0 Å². The molecule has 154 valence electrons. The van der Waals surface area contributed by atoms with Crippen LogP contribution in [0.5, 0.6) is 0 Å². The van der Waals surface area contributed by atoms with E-state index in [1.807, 2.05) is 41.3 Å². The number of nitrogens with two attached hydrogens (primary N) is 1. The average Bonchev–Trinajstić information content (AvgIpc) is 2.72. The number of Topliss-reactive ketones (excluding diaryl/α,β-unsaturated/α-hetero) is 1. The highest BCUT2D eigenvalue weighted by Crippen LogP contribution is 2.52. The van der Waals surface area contributed by atoms with Gasteiger partial charge in [0.1, 0.15) is 5.84 Å². The maximum atomic E-state index is 13.5. The minimum atomic E-state index is -0.492. The van der Waals surface area contributed by atoms with E-state index in [1.165, 1.54) is 0 Å². The van der Waals surface area contributed by atoms with Crippen molar-refractivity contribution in [1.29, 1.82) is 5.26 Å². The van der Waals surface area contributed by atoms with Gasteiger partial charge in [0.25, 0.3) is 0 Å². The molecule has 0 saturated carbocycles. The Balaban J connectivity index is 1.84. The molecule has 0 saturated heterocycles. The third kappa shape index (κ3) is 2.98. The topological polar surface area (TPSA) is 82.5 Å². The zero-order chi connectivity index (χ0) is 21.9. The third-order valence-corrected chi connectivity index (χ3v) is 6.42. The second-order valence-corrected chi connectivity index (χ2v) is 9.42. The molecule has 5 rings (SSSR count). The molecule has 2 aromatic rings. The van der Waals surface area contributed by atoms with Gasteiger partial charge in [-0.25, -0.2) is 4.99 Å². The monoisotopic (exact) mass is 428 g/mol. The predicted molar refractivity (Wildman–Crippen MR) is 122 cm³/mol. The summed E-state index contributed by atoms with van der Waals surface area (Å²) < 4.78 is 0. The van der Waals surface area contributed by atoms with E-state index in [1.54, 1.807) is 12.1 Å². The number of carbonyl (C=O) groups excluding carboxylic acids is 1. The maximum Gasteiger partial charge on any atom is 0.162 e. The van der Waals surface area contributed by atoms with Crippen molar-refractivity contribution in [3.8, 4) is 6.07 Å². The van der Waals surface area contributed by atoms with E-state index in [0.29, 0.717) is 40.7 Å². The number of ketones is 1. The first kappa shape index (κ1) is 19.6. The summed E-state index contributed by atoms with van der Waals surface area (Å²) in [5.74, 6) is 0.449. The summed E-state index contributed by atoms with van der Waals surface area (Å²) in [4.78, 5) is 20.1. The SMILES string of the molecule is CC1(C)CC(=O)C2=C(C1)N1C(=C(C#N)[C@H]2c2ccc(Cl)cc2)N=C(N)c2ccccc21. The summed E-state index contributed by atoms with van der Waals surface area (Å²) in [5, 5.41) is 10.8. The number of nitrogens with zero attached hydrogens (tertiary/aromatic N) is 3. The van der Waals surface area contributed by atoms with Crippen LogP contribution in [0.4, 0.5) is 5.69 Å². The Bertz CT molecular complexity index is 1260. The standard InChI is InChI=1S/C25H21ClN4O/c1-25(2)11-19-22(20(31)12-25)21(14-7-9-15(26)10-8-14)17(13-27)24-29-23(28)16-5-3-4-6-18(16)30(19)24/h3-10,21H,11-12H2,1-2H3,(H2,28,29)/t21-/m1/s1. The molecule has 0 spiro atoms. The van der Waals surface area contributed by atoms with Gasteiger partial charge in [0.15, 0.2) is 11.6 Å². The molecule has 0 radical (unpaired) electrons. The molecule has 1 atom stereocenters. The molecule has 5 nitrogen and oxygen atoms in total. The number of nitriles is 1. The van der Waals surface area contributed by atoms with Crippen molar-refractivity contribution in [1.82, 2.24) is 0 Å². The first-order valence-corrected chi connectivity index (χ1v) is 10.6. The lowest BCUT2D eigenvalue weighted by atomic mass is 9.68. The van der Waals surface area contributed by atoms with E-state index >= 15 is 0 Å². The van der Waals surface area contributed by atoms with Gasteiger partial charge < -0.3 is 5.73 Å². The number of halogens is 1. The number of fused-ring (bicyclic) bond motifs is 4. The fourth-order valence-electron chi connectivity index (χ4n) is 4.88. The van der Waals surface area contributed by atoms with E-state index in [0.717, 1.165) is 22.5 Å². The first-order chi connectivity index (χ1) is 14.8. The number of anilines is 1. The Morgan fingerprint density at radius 1 is 1.16 bits per heavy atom. The van der Waals surface area contributed by atoms with E-state index in [4.69, 9.17) is 17.3 Å². The van der Waals surface area contributed by atoms with Crippen LogP contribution in [-0.2, 0) is 4.79 Å².